The van der Waals surface area contributed by atoms with Crippen molar-refractivity contribution in [3.63, 3.8) is 0 Å². The largest absolute Gasteiger partial charge is 0.392 e. The molecule has 0 N–H and O–H groups in total. The van der Waals surface area contributed by atoms with Crippen molar-refractivity contribution in [1.82, 2.24) is 13.7 Å². The average Bonchev–Trinajstić information content (AvgIpc) is 3.00. The monoisotopic (exact) mass is 777 g/mol. The minimum atomic E-state index is -2.61. The molecule has 1 aromatic rings. The predicted octanol–water partition coefficient (Wildman–Crippen LogP) is 7.28. The molecule has 0 aliphatic heterocycles. The molecule has 1 heterocycles. The predicted molar refractivity (Wildman–Crippen MR) is 214 cm³/mol. The Morgan fingerprint density at radius 3 is 0.706 bits per heavy atom. The van der Waals surface area contributed by atoms with Gasteiger partial charge in [0.25, 0.3) is 0 Å². The Labute approximate surface area is 312 Å². The van der Waals surface area contributed by atoms with Gasteiger partial charge in [0.05, 0.1) is 0 Å². The second-order valence-corrected chi connectivity index (χ2v) is 25.9. The average molecular weight is 778 g/mol. The molecule has 0 aliphatic carbocycles. The van der Waals surface area contributed by atoms with E-state index < -0.39 is 42.8 Å². The lowest BCUT2D eigenvalue weighted by Gasteiger charge is -2.34. The Morgan fingerprint density at radius 2 is 0.569 bits per heavy atom. The van der Waals surface area contributed by atoms with Crippen molar-refractivity contribution in [3.05, 3.63) is 31.5 Å². The van der Waals surface area contributed by atoms with E-state index in [1.165, 1.54) is 13.7 Å². The molecule has 0 fully saturated rings. The molecule has 0 aliphatic rings. The van der Waals surface area contributed by atoms with Gasteiger partial charge in [0.2, 0.25) is 0 Å². The highest BCUT2D eigenvalue weighted by atomic mass is 28.4. The fourth-order valence-corrected chi connectivity index (χ4v) is 17.0. The molecule has 1 rings (SSSR count). The van der Waals surface area contributed by atoms with Crippen LogP contribution in [0.4, 0.5) is 0 Å². The molecular weight excluding hydrogens is 703 g/mol. The first-order chi connectivity index (χ1) is 23.7. The molecule has 0 spiro atoms. The summed E-state index contributed by atoms with van der Waals surface area (Å²) in [5.41, 5.74) is -1.75. The van der Waals surface area contributed by atoms with Gasteiger partial charge in [-0.3, -0.25) is 0 Å². The third kappa shape index (κ3) is 15.6. The van der Waals surface area contributed by atoms with E-state index in [0.717, 1.165) is 18.1 Å². The maximum Gasteiger partial charge on any atom is 0.338 e. The fraction of sp³-hybridized carbons (Fsp3) is 0.917. The quantitative estimate of drug-likeness (QED) is 0.0849. The lowest BCUT2D eigenvalue weighted by atomic mass is 10.4. The maximum absolute atomic E-state index is 14.0. The summed E-state index contributed by atoms with van der Waals surface area (Å²) in [7, 11) is -7.83. The Kier molecular flexibility index (Phi) is 20.9. The van der Waals surface area contributed by atoms with Crippen LogP contribution in [0.1, 0.15) is 123 Å². The van der Waals surface area contributed by atoms with Crippen molar-refractivity contribution >= 4 is 25.7 Å². The number of hydrogen-bond donors (Lipinski definition) is 0. The van der Waals surface area contributed by atoms with Crippen molar-refractivity contribution in [2.75, 3.05) is 0 Å². The van der Waals surface area contributed by atoms with Gasteiger partial charge < -0.3 is 26.6 Å². The molecule has 12 nitrogen and oxygen atoms in total. The van der Waals surface area contributed by atoms with Crippen LogP contribution in [0.5, 0.6) is 0 Å². The van der Waals surface area contributed by atoms with Crippen molar-refractivity contribution in [2.24, 2.45) is 0 Å². The van der Waals surface area contributed by atoms with Crippen LogP contribution in [0.15, 0.2) is 14.4 Å². The van der Waals surface area contributed by atoms with Crippen LogP contribution < -0.4 is 17.1 Å². The van der Waals surface area contributed by atoms with Gasteiger partial charge in [-0.25, -0.2) is 28.1 Å². The van der Waals surface area contributed by atoms with Crippen molar-refractivity contribution in [3.8, 4) is 0 Å². The van der Waals surface area contributed by atoms with Gasteiger partial charge in [0, 0.05) is 56.3 Å². The van der Waals surface area contributed by atoms with Crippen molar-refractivity contribution < 1.29 is 26.6 Å². The Morgan fingerprint density at radius 1 is 0.392 bits per heavy atom. The smallest absolute Gasteiger partial charge is 0.338 e. The van der Waals surface area contributed by atoms with E-state index in [4.69, 9.17) is 26.6 Å². The number of aromatic nitrogens is 3. The second kappa shape index (κ2) is 22.3. The van der Waals surface area contributed by atoms with Crippen LogP contribution in [0.3, 0.4) is 0 Å². The molecule has 0 bridgehead atoms. The zero-order chi connectivity index (χ0) is 39.2. The van der Waals surface area contributed by atoms with E-state index in [0.29, 0.717) is 37.4 Å². The van der Waals surface area contributed by atoms with E-state index in [1.54, 1.807) is 0 Å². The van der Waals surface area contributed by atoms with Gasteiger partial charge in [-0.1, -0.05) is 20.8 Å². The standard InChI is InChI=1S/C36H75N3O9Si3/c1-16-49(43-28(4)5,44-29(6)7)25-19-22-37-34(40)38(23-20-26-50(17-2,45-30(8)9)46-31(10)11)36(42)39(35(37)41)24-21-27-51(18-3,47-32(12)13)48-33(14)15/h28-33H,16-27H2,1-15H3. The molecular formula is C36H75N3O9Si3. The highest BCUT2D eigenvalue weighted by molar-refractivity contribution is 6.68. The first-order valence-corrected chi connectivity index (χ1v) is 26.4. The summed E-state index contributed by atoms with van der Waals surface area (Å²) in [6, 6.07) is 4.13. The summed E-state index contributed by atoms with van der Waals surface area (Å²) >= 11 is 0. The number of nitrogens with zero attached hydrogens (tertiary/aromatic N) is 3. The third-order valence-electron chi connectivity index (χ3n) is 8.52. The highest BCUT2D eigenvalue weighted by Gasteiger charge is 2.40. The van der Waals surface area contributed by atoms with Crippen LogP contribution in [-0.4, -0.2) is 76.0 Å². The van der Waals surface area contributed by atoms with Gasteiger partial charge in [-0.05, 0) is 139 Å². The molecule has 1 aromatic heterocycles. The molecule has 51 heavy (non-hydrogen) atoms. The number of hydrogen-bond acceptors (Lipinski definition) is 9. The lowest BCUT2D eigenvalue weighted by Crippen LogP contribution is -2.55. The Bertz CT molecular complexity index is 1110. The molecule has 300 valence electrons. The minimum Gasteiger partial charge on any atom is -0.392 e. The van der Waals surface area contributed by atoms with Crippen molar-refractivity contribution in [1.29, 1.82) is 0 Å². The summed E-state index contributed by atoms with van der Waals surface area (Å²) in [5, 5.41) is 0. The molecule has 15 heteroatoms. The minimum absolute atomic E-state index is 0.00601. The lowest BCUT2D eigenvalue weighted by molar-refractivity contribution is 0.103. The second-order valence-electron chi connectivity index (χ2n) is 15.4. The van der Waals surface area contributed by atoms with E-state index in [1.807, 2.05) is 83.1 Å². The summed E-state index contributed by atoms with van der Waals surface area (Å²) < 4.78 is 42.2. The van der Waals surface area contributed by atoms with E-state index in [-0.39, 0.29) is 56.3 Å². The molecule has 0 saturated heterocycles. The fourth-order valence-electron chi connectivity index (χ4n) is 6.82. The van der Waals surface area contributed by atoms with Crippen LogP contribution in [-0.2, 0) is 46.2 Å². The molecule has 0 aromatic carbocycles. The number of rotatable bonds is 27. The summed E-state index contributed by atoms with van der Waals surface area (Å²) in [6.45, 7) is 30.8. The summed E-state index contributed by atoms with van der Waals surface area (Å²) in [4.78, 5) is 42.1. The first-order valence-electron chi connectivity index (χ1n) is 19.7. The zero-order valence-electron chi connectivity index (χ0n) is 35.0. The van der Waals surface area contributed by atoms with E-state index >= 15 is 0 Å². The van der Waals surface area contributed by atoms with Gasteiger partial charge in [0.15, 0.2) is 0 Å². The normalized spacial score (nSPS) is 13.4. The third-order valence-corrected chi connectivity index (χ3v) is 20.5. The Hall–Kier alpha value is -1.18. The maximum atomic E-state index is 14.0. The van der Waals surface area contributed by atoms with Gasteiger partial charge in [-0.15, -0.1) is 0 Å². The van der Waals surface area contributed by atoms with Crippen LogP contribution in [0.25, 0.3) is 0 Å². The molecule has 0 amide bonds. The van der Waals surface area contributed by atoms with Gasteiger partial charge in [0.1, 0.15) is 0 Å². The van der Waals surface area contributed by atoms with E-state index in [2.05, 4.69) is 20.8 Å². The van der Waals surface area contributed by atoms with Crippen LogP contribution >= 0.6 is 0 Å². The van der Waals surface area contributed by atoms with Crippen molar-refractivity contribution in [2.45, 2.75) is 216 Å². The van der Waals surface area contributed by atoms with Crippen LogP contribution in [0.2, 0.25) is 36.3 Å². The molecule has 0 radical (unpaired) electrons. The summed E-state index contributed by atoms with van der Waals surface area (Å²) in [5.74, 6) is 0. The first kappa shape index (κ1) is 47.8. The zero-order valence-corrected chi connectivity index (χ0v) is 38.0. The van der Waals surface area contributed by atoms with Gasteiger partial charge >= 0.3 is 42.8 Å². The van der Waals surface area contributed by atoms with Gasteiger partial charge in [-0.2, -0.15) is 0 Å². The topological polar surface area (TPSA) is 121 Å². The molecule has 0 atom stereocenters. The molecule has 0 saturated carbocycles. The SMILES string of the molecule is CC[Si](CCCn1c(=O)n(CCC[Si](CC)(OC(C)C)OC(C)C)c(=O)n(CCC[Si](CC)(OC(C)C)OC(C)C)c1=O)(OC(C)C)OC(C)C. The van der Waals surface area contributed by atoms with E-state index in [9.17, 15) is 14.4 Å². The summed E-state index contributed by atoms with van der Waals surface area (Å²) in [6.07, 6.45) is 1.50. The molecule has 0 unspecified atom stereocenters. The van der Waals surface area contributed by atoms with Crippen LogP contribution in [0, 0.1) is 0 Å². The Balaban J connectivity index is 3.61. The highest BCUT2D eigenvalue weighted by Crippen LogP contribution is 2.27.